The van der Waals surface area contributed by atoms with E-state index in [2.05, 4.69) is 15.3 Å². The van der Waals surface area contributed by atoms with Gasteiger partial charge >= 0.3 is 0 Å². The summed E-state index contributed by atoms with van der Waals surface area (Å²) in [6.07, 6.45) is 1.50. The first-order valence-electron chi connectivity index (χ1n) is 11.7. The van der Waals surface area contributed by atoms with Gasteiger partial charge in [-0.15, -0.1) is 0 Å². The number of hydrogen-bond acceptors (Lipinski definition) is 6. The van der Waals surface area contributed by atoms with Crippen LogP contribution in [0.1, 0.15) is 56.9 Å². The number of fused-ring (bicyclic) bond motifs is 1. The molecule has 2 aliphatic heterocycles. The Balaban J connectivity index is 1.28. The minimum Gasteiger partial charge on any atom is -0.486 e. The largest absolute Gasteiger partial charge is 0.486 e. The lowest BCUT2D eigenvalue weighted by molar-refractivity contribution is -0.00617. The van der Waals surface area contributed by atoms with E-state index in [0.717, 1.165) is 22.6 Å². The number of piperidine rings is 1. The number of Topliss-reactive ketones (excluding diaryl/α,β-unsaturated/α-hetero) is 1. The summed E-state index contributed by atoms with van der Waals surface area (Å²) in [4.78, 5) is 36.8. The molecule has 7 nitrogen and oxygen atoms in total. The molecular formula is C27H27ClN4O3. The molecule has 1 fully saturated rings. The van der Waals surface area contributed by atoms with E-state index < -0.39 is 5.60 Å². The van der Waals surface area contributed by atoms with Crippen molar-refractivity contribution >= 4 is 34.9 Å². The molecule has 1 amide bonds. The number of carbonyl (C=O) groups is 2. The second-order valence-electron chi connectivity index (χ2n) is 9.46. The topological polar surface area (TPSA) is 84.4 Å². The van der Waals surface area contributed by atoms with Crippen LogP contribution in [0.25, 0.3) is 0 Å². The maximum atomic E-state index is 13.3. The number of ether oxygens (including phenoxy) is 1. The van der Waals surface area contributed by atoms with Crippen LogP contribution in [0.3, 0.4) is 0 Å². The first-order valence-corrected chi connectivity index (χ1v) is 12.1. The van der Waals surface area contributed by atoms with E-state index in [1.54, 1.807) is 6.07 Å². The van der Waals surface area contributed by atoms with Crippen molar-refractivity contribution in [3.05, 3.63) is 75.6 Å². The van der Waals surface area contributed by atoms with Crippen molar-refractivity contribution in [1.82, 2.24) is 14.9 Å². The van der Waals surface area contributed by atoms with Crippen LogP contribution >= 0.6 is 11.6 Å². The number of anilines is 2. The van der Waals surface area contributed by atoms with Gasteiger partial charge in [0, 0.05) is 53.6 Å². The molecule has 35 heavy (non-hydrogen) atoms. The average Bonchev–Trinajstić information content (AvgIpc) is 2.80. The van der Waals surface area contributed by atoms with Crippen molar-refractivity contribution in [2.45, 2.75) is 45.6 Å². The lowest BCUT2D eigenvalue weighted by atomic mass is 9.82. The molecular weight excluding hydrogens is 464 g/mol. The number of amides is 1. The molecule has 0 unspecified atom stereocenters. The van der Waals surface area contributed by atoms with E-state index >= 15 is 0 Å². The molecule has 180 valence electrons. The molecule has 3 aromatic rings. The van der Waals surface area contributed by atoms with E-state index in [9.17, 15) is 9.59 Å². The number of ketones is 1. The highest BCUT2D eigenvalue weighted by Crippen LogP contribution is 2.42. The average molecular weight is 491 g/mol. The Morgan fingerprint density at radius 2 is 1.77 bits per heavy atom. The predicted molar refractivity (Wildman–Crippen MR) is 135 cm³/mol. The second kappa shape index (κ2) is 8.96. The lowest BCUT2D eigenvalue weighted by Gasteiger charge is -2.44. The Labute approximate surface area is 209 Å². The molecule has 1 saturated heterocycles. The van der Waals surface area contributed by atoms with E-state index in [-0.39, 0.29) is 11.7 Å². The van der Waals surface area contributed by atoms with E-state index in [1.807, 2.05) is 62.1 Å². The molecule has 2 aromatic carbocycles. The Morgan fingerprint density at radius 3 is 2.49 bits per heavy atom. The third-order valence-electron chi connectivity index (χ3n) is 6.65. The third kappa shape index (κ3) is 4.73. The number of hydrogen-bond donors (Lipinski definition) is 1. The van der Waals surface area contributed by atoms with Crippen LogP contribution in [0.4, 0.5) is 11.6 Å². The van der Waals surface area contributed by atoms with Gasteiger partial charge in [0.2, 0.25) is 5.95 Å². The number of rotatable bonds is 3. The minimum absolute atomic E-state index is 0.0454. The van der Waals surface area contributed by atoms with Gasteiger partial charge in [-0.25, -0.2) is 9.97 Å². The van der Waals surface area contributed by atoms with Gasteiger partial charge in [0.25, 0.3) is 5.91 Å². The zero-order valence-electron chi connectivity index (χ0n) is 20.0. The van der Waals surface area contributed by atoms with Crippen molar-refractivity contribution < 1.29 is 14.3 Å². The van der Waals surface area contributed by atoms with E-state index in [1.165, 1.54) is 0 Å². The summed E-state index contributed by atoms with van der Waals surface area (Å²) < 4.78 is 6.41. The van der Waals surface area contributed by atoms with Crippen molar-refractivity contribution in [2.24, 2.45) is 0 Å². The summed E-state index contributed by atoms with van der Waals surface area (Å²) in [6.45, 7) is 6.78. The first-order chi connectivity index (χ1) is 16.7. The number of carbonyl (C=O) groups excluding carboxylic acids is 2. The normalized spacial score (nSPS) is 16.6. The van der Waals surface area contributed by atoms with Crippen LogP contribution in [0, 0.1) is 20.8 Å². The number of halogens is 1. The monoisotopic (exact) mass is 490 g/mol. The molecule has 0 radical (unpaired) electrons. The summed E-state index contributed by atoms with van der Waals surface area (Å²) in [5.41, 5.74) is 3.92. The van der Waals surface area contributed by atoms with Crippen LogP contribution in [0.15, 0.2) is 42.5 Å². The summed E-state index contributed by atoms with van der Waals surface area (Å²) in [5, 5.41) is 3.73. The van der Waals surface area contributed by atoms with Crippen molar-refractivity contribution in [1.29, 1.82) is 0 Å². The molecule has 1 N–H and O–H groups in total. The van der Waals surface area contributed by atoms with Crippen LogP contribution < -0.4 is 10.1 Å². The van der Waals surface area contributed by atoms with Gasteiger partial charge in [-0.1, -0.05) is 17.7 Å². The van der Waals surface area contributed by atoms with Crippen LogP contribution in [-0.4, -0.2) is 45.2 Å². The highest BCUT2D eigenvalue weighted by Gasteiger charge is 2.44. The molecule has 8 heteroatoms. The van der Waals surface area contributed by atoms with Gasteiger partial charge < -0.3 is 15.0 Å². The predicted octanol–water partition coefficient (Wildman–Crippen LogP) is 5.44. The van der Waals surface area contributed by atoms with Gasteiger partial charge in [-0.3, -0.25) is 9.59 Å². The maximum absolute atomic E-state index is 13.3. The molecule has 0 bridgehead atoms. The Hall–Kier alpha value is -3.45. The number of aryl methyl sites for hydroxylation is 3. The highest BCUT2D eigenvalue weighted by atomic mass is 35.5. The van der Waals surface area contributed by atoms with Gasteiger partial charge in [-0.2, -0.15) is 0 Å². The zero-order valence-corrected chi connectivity index (χ0v) is 20.8. The van der Waals surface area contributed by atoms with Crippen LogP contribution in [-0.2, 0) is 0 Å². The SMILES string of the molecule is Cc1cc(C)nc(Nc2cccc(C(=O)N3CCC4(CC3)CC(=O)c3cc(Cl)cc(C)c3O4)c2)n1. The Morgan fingerprint density at radius 1 is 1.06 bits per heavy atom. The molecule has 5 rings (SSSR count). The van der Waals surface area contributed by atoms with Crippen molar-refractivity contribution in [3.63, 3.8) is 0 Å². The smallest absolute Gasteiger partial charge is 0.253 e. The number of likely N-dealkylation sites (tertiary alicyclic amines) is 1. The standard InChI is InChI=1S/C27H27ClN4O3/c1-16-11-20(28)14-22-23(33)15-27(35-24(16)22)7-9-32(10-8-27)25(34)19-5-4-6-21(13-19)31-26-29-17(2)12-18(3)30-26/h4-6,11-14H,7-10,15H2,1-3H3,(H,29,30,31). The number of nitrogens with one attached hydrogen (secondary N) is 1. The number of benzene rings is 2. The summed E-state index contributed by atoms with van der Waals surface area (Å²) in [5.74, 6) is 1.13. The lowest BCUT2D eigenvalue weighted by Crippen LogP contribution is -2.52. The third-order valence-corrected chi connectivity index (χ3v) is 6.87. The van der Waals surface area contributed by atoms with Gasteiger partial charge in [0.1, 0.15) is 11.4 Å². The number of nitrogens with zero attached hydrogens (tertiary/aromatic N) is 3. The Bertz CT molecular complexity index is 1310. The van der Waals surface area contributed by atoms with Crippen molar-refractivity contribution in [3.8, 4) is 5.75 Å². The summed E-state index contributed by atoms with van der Waals surface area (Å²) in [7, 11) is 0. The highest BCUT2D eigenvalue weighted by molar-refractivity contribution is 6.31. The minimum atomic E-state index is -0.580. The van der Waals surface area contributed by atoms with Gasteiger partial charge in [-0.05, 0) is 62.7 Å². The molecule has 0 atom stereocenters. The molecule has 0 saturated carbocycles. The summed E-state index contributed by atoms with van der Waals surface area (Å²) in [6, 6.07) is 12.8. The molecule has 2 aliphatic rings. The Kier molecular flexibility index (Phi) is 5.97. The van der Waals surface area contributed by atoms with Crippen LogP contribution in [0.2, 0.25) is 5.02 Å². The van der Waals surface area contributed by atoms with Crippen molar-refractivity contribution in [2.75, 3.05) is 18.4 Å². The summed E-state index contributed by atoms with van der Waals surface area (Å²) >= 11 is 6.14. The van der Waals surface area contributed by atoms with E-state index in [4.69, 9.17) is 16.3 Å². The van der Waals surface area contributed by atoms with Crippen LogP contribution in [0.5, 0.6) is 5.75 Å². The zero-order chi connectivity index (χ0) is 24.7. The molecule has 0 aliphatic carbocycles. The van der Waals surface area contributed by atoms with Gasteiger partial charge in [0.15, 0.2) is 5.78 Å². The first kappa shape index (κ1) is 23.3. The second-order valence-corrected chi connectivity index (χ2v) is 9.89. The maximum Gasteiger partial charge on any atom is 0.253 e. The number of aromatic nitrogens is 2. The molecule has 3 heterocycles. The van der Waals surface area contributed by atoms with E-state index in [0.29, 0.717) is 60.2 Å². The fraction of sp³-hybridized carbons (Fsp3) is 0.333. The molecule has 1 spiro atoms. The quantitative estimate of drug-likeness (QED) is 0.526. The molecule has 1 aromatic heterocycles. The fourth-order valence-corrected chi connectivity index (χ4v) is 5.21. The fourth-order valence-electron chi connectivity index (χ4n) is 4.93. The van der Waals surface area contributed by atoms with Gasteiger partial charge in [0.05, 0.1) is 12.0 Å².